The van der Waals surface area contributed by atoms with Crippen LogP contribution in [0.1, 0.15) is 30.3 Å². The zero-order chi connectivity index (χ0) is 14.8. The highest BCUT2D eigenvalue weighted by Crippen LogP contribution is 2.34. The van der Waals surface area contributed by atoms with E-state index < -0.39 is 6.09 Å². The van der Waals surface area contributed by atoms with Crippen molar-refractivity contribution in [1.29, 1.82) is 0 Å². The maximum atomic E-state index is 11.3. The van der Waals surface area contributed by atoms with Gasteiger partial charge in [0.25, 0.3) is 0 Å². The first kappa shape index (κ1) is 14.4. The second kappa shape index (κ2) is 6.03. The molecule has 2 heterocycles. The molecule has 1 atom stereocenters. The van der Waals surface area contributed by atoms with Crippen LogP contribution < -0.4 is 0 Å². The van der Waals surface area contributed by atoms with Crippen LogP contribution in [0.2, 0.25) is 5.02 Å². The number of rotatable bonds is 2. The lowest BCUT2D eigenvalue weighted by atomic mass is 10.0. The van der Waals surface area contributed by atoms with Crippen LogP contribution in [-0.2, 0) is 0 Å². The van der Waals surface area contributed by atoms with Crippen LogP contribution in [0.15, 0.2) is 29.6 Å². The van der Waals surface area contributed by atoms with Crippen molar-refractivity contribution in [3.8, 4) is 11.3 Å². The highest BCUT2D eigenvalue weighted by atomic mass is 35.5. The van der Waals surface area contributed by atoms with E-state index >= 15 is 0 Å². The molecule has 1 fully saturated rings. The van der Waals surface area contributed by atoms with E-state index in [2.05, 4.69) is 4.98 Å². The predicted molar refractivity (Wildman–Crippen MR) is 83.9 cm³/mol. The first-order valence-electron chi connectivity index (χ1n) is 6.86. The van der Waals surface area contributed by atoms with E-state index in [1.807, 2.05) is 29.6 Å². The maximum Gasteiger partial charge on any atom is 0.407 e. The first-order valence-corrected chi connectivity index (χ1v) is 8.12. The number of aromatic nitrogens is 1. The number of likely N-dealkylation sites (tertiary alicyclic amines) is 1. The van der Waals surface area contributed by atoms with Gasteiger partial charge < -0.3 is 5.11 Å². The largest absolute Gasteiger partial charge is 0.465 e. The molecule has 0 spiro atoms. The van der Waals surface area contributed by atoms with Crippen LogP contribution in [-0.4, -0.2) is 27.6 Å². The predicted octanol–water partition coefficient (Wildman–Crippen LogP) is 4.67. The van der Waals surface area contributed by atoms with Crippen molar-refractivity contribution in [1.82, 2.24) is 9.88 Å². The van der Waals surface area contributed by atoms with Gasteiger partial charge in [0.15, 0.2) is 0 Å². The SMILES string of the molecule is O=C(O)N1CCCC[C@@H]1c1nc(-c2ccc(Cl)cc2)cs1. The summed E-state index contributed by atoms with van der Waals surface area (Å²) in [7, 11) is 0. The summed E-state index contributed by atoms with van der Waals surface area (Å²) in [6.45, 7) is 0.593. The zero-order valence-electron chi connectivity index (χ0n) is 11.3. The van der Waals surface area contributed by atoms with Crippen LogP contribution in [0, 0.1) is 0 Å². The number of carboxylic acid groups (broad SMARTS) is 1. The summed E-state index contributed by atoms with van der Waals surface area (Å²) in [5, 5.41) is 12.9. The minimum Gasteiger partial charge on any atom is -0.465 e. The zero-order valence-corrected chi connectivity index (χ0v) is 12.9. The molecule has 1 aliphatic heterocycles. The van der Waals surface area contributed by atoms with Gasteiger partial charge in [0.2, 0.25) is 0 Å². The van der Waals surface area contributed by atoms with E-state index in [1.165, 1.54) is 16.2 Å². The number of hydrogen-bond acceptors (Lipinski definition) is 3. The van der Waals surface area contributed by atoms with Crippen molar-refractivity contribution in [2.75, 3.05) is 6.54 Å². The Morgan fingerprint density at radius 2 is 2.10 bits per heavy atom. The fraction of sp³-hybridized carbons (Fsp3) is 0.333. The van der Waals surface area contributed by atoms with Crippen molar-refractivity contribution in [2.45, 2.75) is 25.3 Å². The number of thiazole rings is 1. The highest BCUT2D eigenvalue weighted by Gasteiger charge is 2.29. The topological polar surface area (TPSA) is 53.4 Å². The summed E-state index contributed by atoms with van der Waals surface area (Å²) >= 11 is 7.42. The molecule has 1 aromatic carbocycles. The van der Waals surface area contributed by atoms with Crippen molar-refractivity contribution in [3.05, 3.63) is 39.7 Å². The number of benzene rings is 1. The molecule has 0 saturated carbocycles. The van der Waals surface area contributed by atoms with Gasteiger partial charge in [-0.2, -0.15) is 0 Å². The van der Waals surface area contributed by atoms with Crippen LogP contribution in [0.5, 0.6) is 0 Å². The van der Waals surface area contributed by atoms with Crippen LogP contribution in [0.25, 0.3) is 11.3 Å². The molecule has 110 valence electrons. The molecular weight excluding hydrogens is 308 g/mol. The van der Waals surface area contributed by atoms with Crippen LogP contribution in [0.4, 0.5) is 4.79 Å². The monoisotopic (exact) mass is 322 g/mol. The average Bonchev–Trinajstić information content (AvgIpc) is 2.97. The molecule has 0 unspecified atom stereocenters. The average molecular weight is 323 g/mol. The van der Waals surface area contributed by atoms with Gasteiger partial charge in [-0.3, -0.25) is 4.90 Å². The Balaban J connectivity index is 1.86. The molecule has 0 aliphatic carbocycles. The molecule has 1 aromatic heterocycles. The van der Waals surface area contributed by atoms with E-state index in [0.717, 1.165) is 35.5 Å². The smallest absolute Gasteiger partial charge is 0.407 e. The van der Waals surface area contributed by atoms with Gasteiger partial charge >= 0.3 is 6.09 Å². The molecule has 1 saturated heterocycles. The molecule has 2 aromatic rings. The van der Waals surface area contributed by atoms with Crippen molar-refractivity contribution >= 4 is 29.0 Å². The Labute approximate surface area is 132 Å². The van der Waals surface area contributed by atoms with E-state index in [-0.39, 0.29) is 6.04 Å². The highest BCUT2D eigenvalue weighted by molar-refractivity contribution is 7.10. The Bertz CT molecular complexity index is 641. The number of piperidine rings is 1. The van der Waals surface area contributed by atoms with Crippen molar-refractivity contribution < 1.29 is 9.90 Å². The van der Waals surface area contributed by atoms with Crippen LogP contribution >= 0.6 is 22.9 Å². The molecule has 21 heavy (non-hydrogen) atoms. The normalized spacial score (nSPS) is 18.7. The Morgan fingerprint density at radius 1 is 1.33 bits per heavy atom. The van der Waals surface area contributed by atoms with Crippen molar-refractivity contribution in [3.63, 3.8) is 0 Å². The molecule has 4 nitrogen and oxygen atoms in total. The standard InChI is InChI=1S/C15H15ClN2O2S/c16-11-6-4-10(5-7-11)12-9-21-14(17-12)13-3-1-2-8-18(13)15(19)20/h4-7,9,13H,1-3,8H2,(H,19,20)/t13-/m1/s1. The second-order valence-electron chi connectivity index (χ2n) is 5.07. The van der Waals surface area contributed by atoms with Gasteiger partial charge in [-0.25, -0.2) is 9.78 Å². The number of nitrogens with zero attached hydrogens (tertiary/aromatic N) is 2. The molecule has 1 amide bonds. The Morgan fingerprint density at radius 3 is 2.81 bits per heavy atom. The van der Waals surface area contributed by atoms with Gasteiger partial charge in [0.1, 0.15) is 5.01 Å². The van der Waals surface area contributed by atoms with E-state index in [0.29, 0.717) is 11.6 Å². The minimum absolute atomic E-state index is 0.109. The second-order valence-corrected chi connectivity index (χ2v) is 6.39. The van der Waals surface area contributed by atoms with E-state index in [9.17, 15) is 9.90 Å². The van der Waals surface area contributed by atoms with E-state index in [4.69, 9.17) is 11.6 Å². The fourth-order valence-corrected chi connectivity index (χ4v) is 3.71. The maximum absolute atomic E-state index is 11.3. The fourth-order valence-electron chi connectivity index (χ4n) is 2.61. The third kappa shape index (κ3) is 3.04. The van der Waals surface area contributed by atoms with Gasteiger partial charge in [-0.15, -0.1) is 11.3 Å². The van der Waals surface area contributed by atoms with Crippen LogP contribution in [0.3, 0.4) is 0 Å². The molecule has 0 radical (unpaired) electrons. The molecule has 1 N–H and O–H groups in total. The minimum atomic E-state index is -0.858. The third-order valence-electron chi connectivity index (χ3n) is 3.70. The lowest BCUT2D eigenvalue weighted by molar-refractivity contribution is 0.106. The summed E-state index contributed by atoms with van der Waals surface area (Å²) in [5.41, 5.74) is 1.88. The van der Waals surface area contributed by atoms with Gasteiger partial charge in [0.05, 0.1) is 11.7 Å². The number of amides is 1. The lowest BCUT2D eigenvalue weighted by Crippen LogP contribution is -2.37. The van der Waals surface area contributed by atoms with Crippen molar-refractivity contribution in [2.24, 2.45) is 0 Å². The van der Waals surface area contributed by atoms with E-state index in [1.54, 1.807) is 0 Å². The molecule has 6 heteroatoms. The molecule has 1 aliphatic rings. The summed E-state index contributed by atoms with van der Waals surface area (Å²) < 4.78 is 0. The summed E-state index contributed by atoms with van der Waals surface area (Å²) in [6.07, 6.45) is 1.96. The van der Waals surface area contributed by atoms with Gasteiger partial charge in [-0.1, -0.05) is 23.7 Å². The Kier molecular flexibility index (Phi) is 4.12. The third-order valence-corrected chi connectivity index (χ3v) is 4.89. The summed E-state index contributed by atoms with van der Waals surface area (Å²) in [5.74, 6) is 0. The molecular formula is C15H15ClN2O2S. The number of hydrogen-bond donors (Lipinski definition) is 1. The number of carbonyl (C=O) groups is 1. The lowest BCUT2D eigenvalue weighted by Gasteiger charge is -2.32. The first-order chi connectivity index (χ1) is 10.1. The molecule has 3 rings (SSSR count). The Hall–Kier alpha value is -1.59. The molecule has 0 bridgehead atoms. The number of halogens is 1. The summed E-state index contributed by atoms with van der Waals surface area (Å²) in [6, 6.07) is 7.41. The quantitative estimate of drug-likeness (QED) is 0.874. The summed E-state index contributed by atoms with van der Waals surface area (Å²) in [4.78, 5) is 17.5. The van der Waals surface area contributed by atoms with Gasteiger partial charge in [-0.05, 0) is 31.4 Å². The van der Waals surface area contributed by atoms with Gasteiger partial charge in [0, 0.05) is 22.5 Å².